The first-order valence-electron chi connectivity index (χ1n) is 13.3. The van der Waals surface area contributed by atoms with E-state index < -0.39 is 28.4 Å². The summed E-state index contributed by atoms with van der Waals surface area (Å²) in [6.07, 6.45) is 3.06. The number of H-pyrrole nitrogens is 2. The lowest BCUT2D eigenvalue weighted by Gasteiger charge is -2.59. The predicted molar refractivity (Wildman–Crippen MR) is 141 cm³/mol. The van der Waals surface area contributed by atoms with Crippen molar-refractivity contribution in [1.82, 2.24) is 20.6 Å². The fraction of sp³-hybridized carbons (Fsp3) is 0.379. The lowest BCUT2D eigenvalue weighted by atomic mass is 9.49. The number of ketones is 1. The molecule has 10 heteroatoms. The van der Waals surface area contributed by atoms with E-state index in [9.17, 15) is 24.3 Å². The molecule has 39 heavy (non-hydrogen) atoms. The standard InChI is InChI=1S/C29H28N4O6/c34-20-7-9-29(38)21-13-17-5-6-18(23-22(17)28(29,10-12-30-21)24(20)39-23)25(35)31-11-8-15-1-3-16(4-2-15)19-14-32-27(37)33-26(19)36/h1-6,14,21,24,30,38H,7-13H2,(H,31,35)(H2,32,33,36,37)/t21-,24+,28+,29-/m1/s1. The first-order valence-corrected chi connectivity index (χ1v) is 13.3. The fourth-order valence-corrected chi connectivity index (χ4v) is 7.31. The predicted octanol–water partition coefficient (Wildman–Crippen LogP) is 0.713. The lowest BCUT2D eigenvalue weighted by Crippen LogP contribution is -2.76. The summed E-state index contributed by atoms with van der Waals surface area (Å²) in [7, 11) is 0. The van der Waals surface area contributed by atoms with E-state index in [0.29, 0.717) is 61.2 Å². The molecule has 5 N–H and O–H groups in total. The molecule has 2 bridgehead atoms. The first kappa shape index (κ1) is 24.1. The summed E-state index contributed by atoms with van der Waals surface area (Å²) in [4.78, 5) is 54.3. The SMILES string of the molecule is O=C(NCCc1ccc(-c2c[nH]c(=O)[nH]c2=O)cc1)c1ccc2c3c1O[C@H]1C(=O)CC[C@@]4(O)[C@@H](C2)NCC[C@]314. The van der Waals surface area contributed by atoms with E-state index >= 15 is 0 Å². The Morgan fingerprint density at radius 1 is 1.10 bits per heavy atom. The molecule has 4 aliphatic rings. The molecule has 1 spiro atoms. The molecule has 2 aromatic carbocycles. The van der Waals surface area contributed by atoms with Gasteiger partial charge in [0.2, 0.25) is 0 Å². The van der Waals surface area contributed by atoms with Gasteiger partial charge < -0.3 is 25.5 Å². The monoisotopic (exact) mass is 528 g/mol. The highest BCUT2D eigenvalue weighted by molar-refractivity contribution is 5.99. The van der Waals surface area contributed by atoms with E-state index in [1.54, 1.807) is 18.2 Å². The maximum absolute atomic E-state index is 13.3. The summed E-state index contributed by atoms with van der Waals surface area (Å²) in [6.45, 7) is 1.06. The van der Waals surface area contributed by atoms with Gasteiger partial charge in [-0.05, 0) is 55.0 Å². The van der Waals surface area contributed by atoms with Crippen molar-refractivity contribution in [2.75, 3.05) is 13.1 Å². The average molecular weight is 529 g/mol. The van der Waals surface area contributed by atoms with Gasteiger partial charge in [-0.1, -0.05) is 30.3 Å². The fourth-order valence-electron chi connectivity index (χ4n) is 7.31. The highest BCUT2D eigenvalue weighted by Gasteiger charge is 2.71. The molecule has 1 saturated heterocycles. The van der Waals surface area contributed by atoms with Crippen LogP contribution in [0.2, 0.25) is 0 Å². The minimum atomic E-state index is -1.08. The van der Waals surface area contributed by atoms with Crippen LogP contribution in [-0.2, 0) is 23.1 Å². The molecular weight excluding hydrogens is 500 g/mol. The summed E-state index contributed by atoms with van der Waals surface area (Å²) in [6, 6.07) is 10.9. The molecule has 2 aliphatic heterocycles. The van der Waals surface area contributed by atoms with E-state index in [0.717, 1.165) is 16.7 Å². The van der Waals surface area contributed by atoms with Crippen LogP contribution >= 0.6 is 0 Å². The summed E-state index contributed by atoms with van der Waals surface area (Å²) < 4.78 is 6.30. The van der Waals surface area contributed by atoms with E-state index in [2.05, 4.69) is 20.6 Å². The number of carbonyl (C=O) groups excluding carboxylic acids is 2. The number of rotatable bonds is 5. The molecule has 7 rings (SSSR count). The molecule has 10 nitrogen and oxygen atoms in total. The Hall–Kier alpha value is -4.02. The van der Waals surface area contributed by atoms with Gasteiger partial charge >= 0.3 is 5.69 Å². The number of nitrogens with one attached hydrogen (secondary N) is 4. The number of amides is 1. The number of aromatic nitrogens is 2. The zero-order valence-corrected chi connectivity index (χ0v) is 21.1. The van der Waals surface area contributed by atoms with Gasteiger partial charge in [-0.15, -0.1) is 0 Å². The molecule has 200 valence electrons. The van der Waals surface area contributed by atoms with Crippen LogP contribution in [0.25, 0.3) is 11.1 Å². The van der Waals surface area contributed by atoms with Crippen LogP contribution in [-0.4, -0.2) is 57.6 Å². The topological polar surface area (TPSA) is 153 Å². The zero-order valence-electron chi connectivity index (χ0n) is 21.1. The second kappa shape index (κ2) is 8.49. The largest absolute Gasteiger partial charge is 0.480 e. The second-order valence-corrected chi connectivity index (χ2v) is 11.0. The zero-order chi connectivity index (χ0) is 26.9. The number of benzene rings is 2. The maximum atomic E-state index is 13.3. The van der Waals surface area contributed by atoms with Gasteiger partial charge in [0.1, 0.15) is 5.75 Å². The van der Waals surface area contributed by atoms with E-state index in [4.69, 9.17) is 4.74 Å². The number of piperidine rings is 1. The average Bonchev–Trinajstić information content (AvgIpc) is 3.26. The molecule has 2 aliphatic carbocycles. The molecule has 4 atom stereocenters. The highest BCUT2D eigenvalue weighted by atomic mass is 16.5. The number of hydrogen-bond donors (Lipinski definition) is 5. The van der Waals surface area contributed by atoms with Gasteiger partial charge in [-0.3, -0.25) is 19.4 Å². The molecule has 1 saturated carbocycles. The van der Waals surface area contributed by atoms with Crippen molar-refractivity contribution in [3.05, 3.63) is 85.7 Å². The van der Waals surface area contributed by atoms with Crippen molar-refractivity contribution in [1.29, 1.82) is 0 Å². The minimum absolute atomic E-state index is 0.0111. The molecule has 0 unspecified atom stereocenters. The molecule has 1 aromatic heterocycles. The van der Waals surface area contributed by atoms with Gasteiger partial charge in [0, 0.05) is 30.8 Å². The van der Waals surface area contributed by atoms with E-state index in [1.807, 2.05) is 18.2 Å². The smallest absolute Gasteiger partial charge is 0.325 e. The highest BCUT2D eigenvalue weighted by Crippen LogP contribution is 2.62. The van der Waals surface area contributed by atoms with Crippen molar-refractivity contribution in [2.45, 2.75) is 55.3 Å². The first-order chi connectivity index (χ1) is 18.8. The third-order valence-corrected chi connectivity index (χ3v) is 9.13. The molecule has 3 aromatic rings. The number of carbonyl (C=O) groups is 2. The maximum Gasteiger partial charge on any atom is 0.325 e. The molecule has 0 radical (unpaired) electrons. The summed E-state index contributed by atoms with van der Waals surface area (Å²) in [5.74, 6) is 0.147. The van der Waals surface area contributed by atoms with Crippen molar-refractivity contribution in [3.8, 4) is 16.9 Å². The molecule has 3 heterocycles. The normalized spacial score (nSPS) is 28.0. The number of aliphatic hydroxyl groups is 1. The van der Waals surface area contributed by atoms with Gasteiger partial charge in [-0.25, -0.2) is 4.79 Å². The molecular formula is C29H28N4O6. The quantitative estimate of drug-likeness (QED) is 0.327. The molecule has 2 fully saturated rings. The number of aromatic amines is 2. The van der Waals surface area contributed by atoms with Crippen LogP contribution in [0.4, 0.5) is 0 Å². The number of Topliss-reactive ketones (excluding diaryl/α,β-unsaturated/α-hetero) is 1. The van der Waals surface area contributed by atoms with Gasteiger partial charge in [0.25, 0.3) is 11.5 Å². The Morgan fingerprint density at radius 2 is 1.92 bits per heavy atom. The summed E-state index contributed by atoms with van der Waals surface area (Å²) >= 11 is 0. The Labute approximate surface area is 222 Å². The Kier molecular flexibility index (Phi) is 5.24. The van der Waals surface area contributed by atoms with Gasteiger partial charge in [0.05, 0.1) is 22.1 Å². The van der Waals surface area contributed by atoms with Crippen LogP contribution in [0.1, 0.15) is 46.3 Å². The van der Waals surface area contributed by atoms with Crippen LogP contribution in [0.5, 0.6) is 5.75 Å². The summed E-state index contributed by atoms with van der Waals surface area (Å²) in [5, 5.41) is 18.3. The van der Waals surface area contributed by atoms with Crippen LogP contribution in [0.3, 0.4) is 0 Å². The van der Waals surface area contributed by atoms with Crippen LogP contribution in [0.15, 0.2) is 52.2 Å². The van der Waals surface area contributed by atoms with Crippen molar-refractivity contribution in [2.24, 2.45) is 0 Å². The molecule has 1 amide bonds. The van der Waals surface area contributed by atoms with Gasteiger partial charge in [-0.2, -0.15) is 0 Å². The lowest BCUT2D eigenvalue weighted by molar-refractivity contribution is -0.166. The van der Waals surface area contributed by atoms with E-state index in [1.165, 1.54) is 6.20 Å². The Bertz CT molecular complexity index is 1640. The van der Waals surface area contributed by atoms with Crippen LogP contribution in [0, 0.1) is 0 Å². The van der Waals surface area contributed by atoms with Gasteiger partial charge in [0.15, 0.2) is 11.9 Å². The van der Waals surface area contributed by atoms with Crippen molar-refractivity contribution in [3.63, 3.8) is 0 Å². The van der Waals surface area contributed by atoms with Crippen molar-refractivity contribution >= 4 is 11.7 Å². The van der Waals surface area contributed by atoms with Crippen molar-refractivity contribution < 1.29 is 19.4 Å². The van der Waals surface area contributed by atoms with E-state index in [-0.39, 0.29) is 24.2 Å². The number of hydrogen-bond acceptors (Lipinski definition) is 7. The third kappa shape index (κ3) is 3.34. The van der Waals surface area contributed by atoms with Crippen LogP contribution < -0.4 is 26.6 Å². The number of ether oxygens (including phenoxy) is 1. The second-order valence-electron chi connectivity index (χ2n) is 11.0. The Balaban J connectivity index is 1.11. The summed E-state index contributed by atoms with van der Waals surface area (Å²) in [5.41, 5.74) is 1.36. The minimum Gasteiger partial charge on any atom is -0.480 e. The Morgan fingerprint density at radius 3 is 2.72 bits per heavy atom. The third-order valence-electron chi connectivity index (χ3n) is 9.13.